The molecule has 4 rings (SSSR count). The molecule has 0 radical (unpaired) electrons. The smallest absolute Gasteiger partial charge is 0.140 e. The Morgan fingerprint density at radius 1 is 0.905 bits per heavy atom. The Morgan fingerprint density at radius 2 is 1.67 bits per heavy atom. The van der Waals surface area contributed by atoms with E-state index in [1.807, 2.05) is 0 Å². The highest BCUT2D eigenvalue weighted by atomic mass is 35.5. The fraction of sp³-hybridized carbons (Fsp3) is 0.444. The van der Waals surface area contributed by atoms with Gasteiger partial charge in [-0.05, 0) is 44.1 Å². The number of fused-ring (bicyclic) bond motifs is 1. The van der Waals surface area contributed by atoms with Crippen LogP contribution in [0.2, 0.25) is 5.15 Å². The van der Waals surface area contributed by atoms with Crippen LogP contribution < -0.4 is 0 Å². The molecule has 0 N–H and O–H groups in total. The molecule has 108 valence electrons. The van der Waals surface area contributed by atoms with E-state index < -0.39 is 0 Å². The lowest BCUT2D eigenvalue weighted by molar-refractivity contribution is 0.703. The van der Waals surface area contributed by atoms with E-state index in [2.05, 4.69) is 30.3 Å². The molecule has 3 heteroatoms. The van der Waals surface area contributed by atoms with Gasteiger partial charge in [0.2, 0.25) is 0 Å². The van der Waals surface area contributed by atoms with E-state index in [0.29, 0.717) is 5.15 Å². The lowest BCUT2D eigenvalue weighted by Gasteiger charge is -2.17. The zero-order valence-corrected chi connectivity index (χ0v) is 12.9. The van der Waals surface area contributed by atoms with Crippen LogP contribution in [0.1, 0.15) is 54.7 Å². The predicted octanol–water partition coefficient (Wildman–Crippen LogP) is 4.48. The number of benzene rings is 1. The van der Waals surface area contributed by atoms with E-state index in [-0.39, 0.29) is 5.41 Å². The summed E-state index contributed by atoms with van der Waals surface area (Å²) in [5.74, 6) is 0.944. The summed E-state index contributed by atoms with van der Waals surface area (Å²) in [4.78, 5) is 9.64. The van der Waals surface area contributed by atoms with Gasteiger partial charge in [0.1, 0.15) is 11.0 Å². The molecule has 0 aliphatic heterocycles. The number of hydrogen-bond acceptors (Lipinski definition) is 2. The molecule has 21 heavy (non-hydrogen) atoms. The molecule has 1 fully saturated rings. The second-order valence-electron chi connectivity index (χ2n) is 6.27. The number of hydrogen-bond donors (Lipinski definition) is 0. The highest BCUT2D eigenvalue weighted by Crippen LogP contribution is 2.52. The summed E-state index contributed by atoms with van der Waals surface area (Å²) >= 11 is 6.49. The summed E-state index contributed by atoms with van der Waals surface area (Å²) in [7, 11) is 0. The van der Waals surface area contributed by atoms with Crippen LogP contribution in [0.25, 0.3) is 0 Å². The van der Waals surface area contributed by atoms with Crippen molar-refractivity contribution >= 4 is 11.6 Å². The van der Waals surface area contributed by atoms with Gasteiger partial charge in [0.15, 0.2) is 0 Å². The van der Waals surface area contributed by atoms with E-state index in [1.54, 1.807) is 0 Å². The molecule has 1 aromatic carbocycles. The maximum atomic E-state index is 6.49. The third-order valence-electron chi connectivity index (χ3n) is 4.89. The van der Waals surface area contributed by atoms with Crippen LogP contribution in [0.3, 0.4) is 0 Å². The van der Waals surface area contributed by atoms with Gasteiger partial charge in [-0.2, -0.15) is 0 Å². The maximum Gasteiger partial charge on any atom is 0.140 e. The molecule has 0 bridgehead atoms. The first kappa shape index (κ1) is 13.3. The van der Waals surface area contributed by atoms with Crippen LogP contribution >= 0.6 is 11.6 Å². The van der Waals surface area contributed by atoms with Gasteiger partial charge in [-0.25, -0.2) is 9.97 Å². The second kappa shape index (κ2) is 5.10. The van der Waals surface area contributed by atoms with E-state index in [1.165, 1.54) is 36.1 Å². The average Bonchev–Trinajstić information content (AvgIpc) is 3.33. The highest BCUT2D eigenvalue weighted by Gasteiger charge is 2.49. The molecule has 0 saturated heterocycles. The summed E-state index contributed by atoms with van der Waals surface area (Å²) in [6.45, 7) is 0. The van der Waals surface area contributed by atoms with Gasteiger partial charge >= 0.3 is 0 Å². The minimum Gasteiger partial charge on any atom is -0.237 e. The van der Waals surface area contributed by atoms with Gasteiger partial charge in [0.05, 0.1) is 5.41 Å². The number of nitrogens with zero attached hydrogens (tertiary/aromatic N) is 2. The molecule has 1 saturated carbocycles. The van der Waals surface area contributed by atoms with Crippen molar-refractivity contribution in [2.45, 2.75) is 50.4 Å². The molecule has 2 nitrogen and oxygen atoms in total. The van der Waals surface area contributed by atoms with Crippen molar-refractivity contribution in [2.24, 2.45) is 0 Å². The highest BCUT2D eigenvalue weighted by molar-refractivity contribution is 6.30. The van der Waals surface area contributed by atoms with Crippen molar-refractivity contribution in [3.8, 4) is 0 Å². The third kappa shape index (κ3) is 2.26. The van der Waals surface area contributed by atoms with E-state index in [9.17, 15) is 0 Å². The molecule has 2 aliphatic carbocycles. The Balaban J connectivity index is 1.80. The van der Waals surface area contributed by atoms with Gasteiger partial charge < -0.3 is 0 Å². The van der Waals surface area contributed by atoms with Crippen LogP contribution in [0, 0.1) is 0 Å². The number of aromatic nitrogens is 2. The van der Waals surface area contributed by atoms with Crippen LogP contribution in [0.4, 0.5) is 0 Å². The van der Waals surface area contributed by atoms with Crippen molar-refractivity contribution in [1.82, 2.24) is 9.97 Å². The Bertz CT molecular complexity index is 662. The lowest BCUT2D eigenvalue weighted by Crippen LogP contribution is -2.16. The molecule has 0 unspecified atom stereocenters. The van der Waals surface area contributed by atoms with Crippen LogP contribution in [-0.4, -0.2) is 9.97 Å². The first-order valence-corrected chi connectivity index (χ1v) is 8.29. The quantitative estimate of drug-likeness (QED) is 0.603. The molecule has 2 aromatic rings. The number of rotatable bonds is 2. The fourth-order valence-electron chi connectivity index (χ4n) is 3.46. The topological polar surface area (TPSA) is 25.8 Å². The summed E-state index contributed by atoms with van der Waals surface area (Å²) < 4.78 is 0. The van der Waals surface area contributed by atoms with Crippen molar-refractivity contribution in [1.29, 1.82) is 0 Å². The number of aryl methyl sites for hydroxylation is 1. The SMILES string of the molecule is Clc1nc(C2(c3ccccc3)CC2)nc2c1CCCCC2. The molecular weight excluding hydrogens is 280 g/mol. The monoisotopic (exact) mass is 298 g/mol. The lowest BCUT2D eigenvalue weighted by atomic mass is 9.94. The molecule has 1 aromatic heterocycles. The predicted molar refractivity (Wildman–Crippen MR) is 84.8 cm³/mol. The maximum absolute atomic E-state index is 6.49. The molecule has 0 spiro atoms. The Morgan fingerprint density at radius 3 is 2.43 bits per heavy atom. The first-order valence-electron chi connectivity index (χ1n) is 7.91. The summed E-state index contributed by atoms with van der Waals surface area (Å²) in [6, 6.07) is 10.6. The molecule has 1 heterocycles. The van der Waals surface area contributed by atoms with Crippen molar-refractivity contribution in [3.05, 3.63) is 58.1 Å². The van der Waals surface area contributed by atoms with Gasteiger partial charge in [-0.15, -0.1) is 0 Å². The fourth-order valence-corrected chi connectivity index (χ4v) is 3.75. The van der Waals surface area contributed by atoms with E-state index in [4.69, 9.17) is 21.6 Å². The van der Waals surface area contributed by atoms with Crippen LogP contribution in [0.15, 0.2) is 30.3 Å². The van der Waals surface area contributed by atoms with Crippen molar-refractivity contribution in [3.63, 3.8) is 0 Å². The third-order valence-corrected chi connectivity index (χ3v) is 5.20. The molecule has 2 aliphatic rings. The summed E-state index contributed by atoms with van der Waals surface area (Å²) in [5, 5.41) is 0.694. The number of halogens is 1. The normalized spacial score (nSPS) is 19.7. The summed E-state index contributed by atoms with van der Waals surface area (Å²) in [5.41, 5.74) is 3.74. The standard InChI is InChI=1S/C18H19ClN2/c19-16-14-9-5-2-6-10-15(14)20-17(21-16)18(11-12-18)13-7-3-1-4-8-13/h1,3-4,7-8H,2,5-6,9-12H2. The van der Waals surface area contributed by atoms with E-state index in [0.717, 1.165) is 31.5 Å². The Kier molecular flexibility index (Phi) is 3.22. The summed E-state index contributed by atoms with van der Waals surface area (Å²) in [6.07, 6.45) is 8.05. The largest absolute Gasteiger partial charge is 0.237 e. The average molecular weight is 299 g/mol. The Hall–Kier alpha value is -1.41. The van der Waals surface area contributed by atoms with E-state index >= 15 is 0 Å². The van der Waals surface area contributed by atoms with Crippen molar-refractivity contribution in [2.75, 3.05) is 0 Å². The van der Waals surface area contributed by atoms with Gasteiger partial charge in [-0.1, -0.05) is 48.4 Å². The van der Waals surface area contributed by atoms with Crippen molar-refractivity contribution < 1.29 is 0 Å². The minimum absolute atomic E-state index is 0.0201. The second-order valence-corrected chi connectivity index (χ2v) is 6.63. The first-order chi connectivity index (χ1) is 10.3. The van der Waals surface area contributed by atoms with Gasteiger partial charge in [-0.3, -0.25) is 0 Å². The van der Waals surface area contributed by atoms with Crippen LogP contribution in [0.5, 0.6) is 0 Å². The van der Waals surface area contributed by atoms with Gasteiger partial charge in [0.25, 0.3) is 0 Å². The molecular formula is C18H19ClN2. The van der Waals surface area contributed by atoms with Crippen LogP contribution in [-0.2, 0) is 18.3 Å². The molecule has 0 atom stereocenters. The zero-order chi connectivity index (χ0) is 14.3. The molecule has 0 amide bonds. The zero-order valence-electron chi connectivity index (χ0n) is 12.1. The van der Waals surface area contributed by atoms with Gasteiger partial charge in [0, 0.05) is 11.3 Å². The minimum atomic E-state index is 0.0201. The Labute approximate surface area is 130 Å².